The van der Waals surface area contributed by atoms with E-state index in [2.05, 4.69) is 10.2 Å². The van der Waals surface area contributed by atoms with Gasteiger partial charge in [-0.1, -0.05) is 0 Å². The van der Waals surface area contributed by atoms with Gasteiger partial charge in [0.25, 0.3) is 5.97 Å². The van der Waals surface area contributed by atoms with Crippen LogP contribution in [0, 0.1) is 4.91 Å². The molecule has 0 radical (unpaired) electrons. The van der Waals surface area contributed by atoms with Gasteiger partial charge in [0.15, 0.2) is 5.34 Å². The van der Waals surface area contributed by atoms with Gasteiger partial charge in [-0.05, 0) is 20.8 Å². The number of aliphatic carboxylic acids is 1. The standard InChI is InChI=1S/C4H9NO2.C2H4O2/c1-4(2,3)7-5-6;1-2(3)4/h1-3H3;1H3,(H,3,4). The minimum Gasteiger partial charge on any atom is -0.481 e. The van der Waals surface area contributed by atoms with Gasteiger partial charge in [-0.3, -0.25) is 4.79 Å². The molecule has 0 unspecified atom stereocenters. The van der Waals surface area contributed by atoms with E-state index in [4.69, 9.17) is 9.90 Å². The van der Waals surface area contributed by atoms with Gasteiger partial charge in [0.05, 0.1) is 0 Å². The lowest BCUT2D eigenvalue weighted by atomic mass is 10.2. The second-order valence-electron chi connectivity index (χ2n) is 2.80. The van der Waals surface area contributed by atoms with Gasteiger partial charge in [-0.25, -0.2) is 0 Å². The maximum absolute atomic E-state index is 9.35. The molecule has 5 nitrogen and oxygen atoms in total. The van der Waals surface area contributed by atoms with Gasteiger partial charge in [-0.15, -0.1) is 4.91 Å². The SMILES string of the molecule is CC(=O)O.CC(C)(C)ON=O. The van der Waals surface area contributed by atoms with Crippen LogP contribution in [-0.2, 0) is 9.63 Å². The number of rotatable bonds is 1. The van der Waals surface area contributed by atoms with E-state index in [0.29, 0.717) is 0 Å². The molecular formula is C6H13NO4. The first-order valence-electron chi connectivity index (χ1n) is 3.00. The smallest absolute Gasteiger partial charge is 0.300 e. The molecule has 0 heterocycles. The fourth-order valence-electron chi connectivity index (χ4n) is 0.112. The summed E-state index contributed by atoms with van der Waals surface area (Å²) >= 11 is 0. The number of carboxylic acid groups (broad SMARTS) is 1. The summed E-state index contributed by atoms with van der Waals surface area (Å²) in [6.45, 7) is 6.36. The van der Waals surface area contributed by atoms with E-state index in [1.807, 2.05) is 0 Å². The molecule has 11 heavy (non-hydrogen) atoms. The molecule has 0 saturated heterocycles. The van der Waals surface area contributed by atoms with E-state index < -0.39 is 11.6 Å². The van der Waals surface area contributed by atoms with Crippen molar-refractivity contribution in [3.63, 3.8) is 0 Å². The Kier molecular flexibility index (Phi) is 6.43. The Morgan fingerprint density at radius 3 is 1.73 bits per heavy atom. The highest BCUT2D eigenvalue weighted by molar-refractivity contribution is 5.62. The lowest BCUT2D eigenvalue weighted by molar-refractivity contribution is -0.134. The first kappa shape index (κ1) is 12.5. The van der Waals surface area contributed by atoms with Crippen molar-refractivity contribution < 1.29 is 14.7 Å². The van der Waals surface area contributed by atoms with Gasteiger partial charge in [0, 0.05) is 6.92 Å². The summed E-state index contributed by atoms with van der Waals surface area (Å²) in [4.78, 5) is 22.6. The highest BCUT2D eigenvalue weighted by Crippen LogP contribution is 2.05. The molecular weight excluding hydrogens is 150 g/mol. The predicted molar refractivity (Wildman–Crippen MR) is 39.9 cm³/mol. The Morgan fingerprint density at radius 2 is 1.73 bits per heavy atom. The number of carbonyl (C=O) groups is 1. The lowest BCUT2D eigenvalue weighted by Gasteiger charge is -2.11. The van der Waals surface area contributed by atoms with E-state index in [1.165, 1.54) is 0 Å². The van der Waals surface area contributed by atoms with Crippen LogP contribution >= 0.6 is 0 Å². The fraction of sp³-hybridized carbons (Fsp3) is 0.833. The third kappa shape index (κ3) is 50.8. The summed E-state index contributed by atoms with van der Waals surface area (Å²) < 4.78 is 0. The van der Waals surface area contributed by atoms with Crippen LogP contribution < -0.4 is 0 Å². The van der Waals surface area contributed by atoms with Gasteiger partial charge in [-0.2, -0.15) is 0 Å². The second kappa shape index (κ2) is 5.64. The summed E-state index contributed by atoms with van der Waals surface area (Å²) in [7, 11) is 0. The number of hydrogen-bond donors (Lipinski definition) is 1. The highest BCUT2D eigenvalue weighted by Gasteiger charge is 2.09. The molecule has 0 aliphatic rings. The van der Waals surface area contributed by atoms with Gasteiger partial charge >= 0.3 is 0 Å². The van der Waals surface area contributed by atoms with Gasteiger partial charge in [0.2, 0.25) is 0 Å². The number of carboxylic acids is 1. The zero-order valence-electron chi connectivity index (χ0n) is 7.12. The normalized spacial score (nSPS) is 9.09. The molecule has 0 saturated carbocycles. The molecule has 0 atom stereocenters. The van der Waals surface area contributed by atoms with E-state index in [0.717, 1.165) is 6.92 Å². The van der Waals surface area contributed by atoms with Crippen LogP contribution in [0.3, 0.4) is 0 Å². The van der Waals surface area contributed by atoms with Crippen LogP contribution in [0.5, 0.6) is 0 Å². The Balaban J connectivity index is 0. The van der Waals surface area contributed by atoms with Crippen molar-refractivity contribution >= 4 is 5.97 Å². The van der Waals surface area contributed by atoms with Crippen LogP contribution in [0.15, 0.2) is 5.34 Å². The van der Waals surface area contributed by atoms with Crippen LogP contribution in [0.2, 0.25) is 0 Å². The Morgan fingerprint density at radius 1 is 1.45 bits per heavy atom. The summed E-state index contributed by atoms with van der Waals surface area (Å²) in [6.07, 6.45) is 0. The highest BCUT2D eigenvalue weighted by atomic mass is 16.7. The van der Waals surface area contributed by atoms with E-state index in [1.54, 1.807) is 20.8 Å². The first-order chi connectivity index (χ1) is 4.79. The molecule has 0 amide bonds. The minimum absolute atomic E-state index is 0.429. The number of nitrogens with zero attached hydrogens (tertiary/aromatic N) is 1. The summed E-state index contributed by atoms with van der Waals surface area (Å²) in [5.41, 5.74) is -0.429. The molecule has 1 N–H and O–H groups in total. The third-order valence-electron chi connectivity index (χ3n) is 0.311. The van der Waals surface area contributed by atoms with Gasteiger partial charge in [0.1, 0.15) is 5.60 Å². The second-order valence-corrected chi connectivity index (χ2v) is 2.80. The Labute approximate surface area is 65.3 Å². The van der Waals surface area contributed by atoms with Crippen molar-refractivity contribution in [1.82, 2.24) is 0 Å². The lowest BCUT2D eigenvalue weighted by Crippen LogP contribution is -2.14. The van der Waals surface area contributed by atoms with Crippen molar-refractivity contribution in [3.8, 4) is 0 Å². The molecule has 0 aliphatic carbocycles. The minimum atomic E-state index is -0.833. The quantitative estimate of drug-likeness (QED) is 0.470. The van der Waals surface area contributed by atoms with E-state index >= 15 is 0 Å². The zero-order chi connectivity index (χ0) is 9.49. The molecule has 0 spiro atoms. The molecule has 5 heteroatoms. The molecule has 0 aliphatic heterocycles. The molecule has 0 aromatic carbocycles. The zero-order valence-corrected chi connectivity index (χ0v) is 7.12. The Hall–Kier alpha value is -1.13. The van der Waals surface area contributed by atoms with Gasteiger partial charge < -0.3 is 9.94 Å². The average molecular weight is 163 g/mol. The third-order valence-corrected chi connectivity index (χ3v) is 0.311. The van der Waals surface area contributed by atoms with Crippen LogP contribution in [-0.4, -0.2) is 16.7 Å². The van der Waals surface area contributed by atoms with Crippen molar-refractivity contribution in [1.29, 1.82) is 0 Å². The predicted octanol–water partition coefficient (Wildman–Crippen LogP) is 1.57. The maximum atomic E-state index is 9.35. The molecule has 0 aromatic rings. The number of hydrogen-bond acceptors (Lipinski definition) is 4. The first-order valence-corrected chi connectivity index (χ1v) is 3.00. The van der Waals surface area contributed by atoms with E-state index in [9.17, 15) is 4.91 Å². The van der Waals surface area contributed by atoms with Crippen LogP contribution in [0.4, 0.5) is 0 Å². The molecule has 0 fully saturated rings. The fourth-order valence-corrected chi connectivity index (χ4v) is 0.112. The Bertz CT molecular complexity index is 123. The van der Waals surface area contributed by atoms with Crippen molar-refractivity contribution in [3.05, 3.63) is 4.91 Å². The van der Waals surface area contributed by atoms with Crippen molar-refractivity contribution in [2.75, 3.05) is 0 Å². The van der Waals surface area contributed by atoms with Crippen LogP contribution in [0.1, 0.15) is 27.7 Å². The van der Waals surface area contributed by atoms with E-state index in [-0.39, 0.29) is 0 Å². The largest absolute Gasteiger partial charge is 0.481 e. The molecule has 0 bridgehead atoms. The average Bonchev–Trinajstić information content (AvgIpc) is 1.58. The summed E-state index contributed by atoms with van der Waals surface area (Å²) in [5.74, 6) is -0.833. The molecule has 66 valence electrons. The van der Waals surface area contributed by atoms with Crippen molar-refractivity contribution in [2.24, 2.45) is 5.34 Å². The topological polar surface area (TPSA) is 76.0 Å². The molecule has 0 aromatic heterocycles. The monoisotopic (exact) mass is 163 g/mol. The summed E-state index contributed by atoms with van der Waals surface area (Å²) in [6, 6.07) is 0. The maximum Gasteiger partial charge on any atom is 0.300 e. The molecule has 0 rings (SSSR count). The summed E-state index contributed by atoms with van der Waals surface area (Å²) in [5, 5.41) is 9.67. The van der Waals surface area contributed by atoms with Crippen LogP contribution in [0.25, 0.3) is 0 Å². The van der Waals surface area contributed by atoms with Crippen molar-refractivity contribution in [2.45, 2.75) is 33.3 Å².